The van der Waals surface area contributed by atoms with Crippen LogP contribution in [0.2, 0.25) is 0 Å². The quantitative estimate of drug-likeness (QED) is 0.864. The maximum atomic E-state index is 12.5. The molecule has 0 radical (unpaired) electrons. The molecule has 0 aliphatic heterocycles. The highest BCUT2D eigenvalue weighted by Crippen LogP contribution is 2.35. The van der Waals surface area contributed by atoms with E-state index in [2.05, 4.69) is 15.2 Å². The van der Waals surface area contributed by atoms with Crippen LogP contribution in [0.25, 0.3) is 0 Å². The molecule has 2 fully saturated rings. The second-order valence-electron chi connectivity index (χ2n) is 5.31. The van der Waals surface area contributed by atoms with Gasteiger partial charge < -0.3 is 10.2 Å². The predicted molar refractivity (Wildman–Crippen MR) is 70.6 cm³/mol. The highest BCUT2D eigenvalue weighted by atomic mass is 16.2. The number of nitrogens with one attached hydrogen (secondary N) is 1. The van der Waals surface area contributed by atoms with Gasteiger partial charge in [0.15, 0.2) is 0 Å². The third kappa shape index (κ3) is 2.47. The molecule has 0 bridgehead atoms. The summed E-state index contributed by atoms with van der Waals surface area (Å²) in [6.07, 6.45) is 6.61. The first-order chi connectivity index (χ1) is 8.78. The Balaban J connectivity index is 1.77. The van der Waals surface area contributed by atoms with Crippen LogP contribution in [0.5, 0.6) is 0 Å². The molecule has 2 aliphatic rings. The van der Waals surface area contributed by atoms with Crippen LogP contribution in [0.3, 0.4) is 0 Å². The predicted octanol–water partition coefficient (Wildman–Crippen LogP) is 2.14. The van der Waals surface area contributed by atoms with Crippen LogP contribution in [-0.2, 0) is 0 Å². The summed E-state index contributed by atoms with van der Waals surface area (Å²) in [6, 6.07) is 4.14. The summed E-state index contributed by atoms with van der Waals surface area (Å²) in [4.78, 5) is 18.8. The summed E-state index contributed by atoms with van der Waals surface area (Å²) in [7, 11) is 1.82. The summed E-state index contributed by atoms with van der Waals surface area (Å²) in [5.74, 6) is 1.67. The molecule has 3 rings (SSSR count). The van der Waals surface area contributed by atoms with Crippen molar-refractivity contribution >= 4 is 11.7 Å². The fourth-order valence-electron chi connectivity index (χ4n) is 2.23. The molecule has 4 nitrogen and oxygen atoms in total. The van der Waals surface area contributed by atoms with Crippen molar-refractivity contribution < 1.29 is 4.79 Å². The Hall–Kier alpha value is -1.58. The Bertz CT molecular complexity index is 452. The van der Waals surface area contributed by atoms with Gasteiger partial charge in [-0.25, -0.2) is 4.98 Å². The number of carbonyl (C=O) groups is 1. The number of amides is 1. The second kappa shape index (κ2) is 4.59. The van der Waals surface area contributed by atoms with Crippen molar-refractivity contribution in [2.24, 2.45) is 5.92 Å². The van der Waals surface area contributed by atoms with Gasteiger partial charge in [0.05, 0.1) is 0 Å². The molecule has 1 N–H and O–H groups in total. The van der Waals surface area contributed by atoms with Crippen molar-refractivity contribution in [3.63, 3.8) is 0 Å². The molecule has 96 valence electrons. The normalized spacial score (nSPS) is 18.5. The van der Waals surface area contributed by atoms with E-state index in [9.17, 15) is 4.79 Å². The number of anilines is 1. The molecule has 0 saturated heterocycles. The maximum absolute atomic E-state index is 12.5. The Kier molecular flexibility index (Phi) is 2.94. The smallest absolute Gasteiger partial charge is 0.254 e. The van der Waals surface area contributed by atoms with Gasteiger partial charge in [0.2, 0.25) is 0 Å². The van der Waals surface area contributed by atoms with E-state index in [1.54, 1.807) is 6.20 Å². The molecule has 0 unspecified atom stereocenters. The van der Waals surface area contributed by atoms with E-state index in [1.165, 1.54) is 25.7 Å². The number of aromatic nitrogens is 1. The number of nitrogens with zero attached hydrogens (tertiary/aromatic N) is 2. The fraction of sp³-hybridized carbons (Fsp3) is 0.571. The highest BCUT2D eigenvalue weighted by molar-refractivity contribution is 5.95. The number of hydrogen-bond donors (Lipinski definition) is 1. The van der Waals surface area contributed by atoms with Crippen LogP contribution in [0.4, 0.5) is 5.82 Å². The molecule has 1 amide bonds. The lowest BCUT2D eigenvalue weighted by Crippen LogP contribution is -2.34. The van der Waals surface area contributed by atoms with Gasteiger partial charge in [0, 0.05) is 31.4 Å². The van der Waals surface area contributed by atoms with Gasteiger partial charge in [0.1, 0.15) is 5.82 Å². The Morgan fingerprint density at radius 3 is 2.83 bits per heavy atom. The largest absolute Gasteiger partial charge is 0.373 e. The van der Waals surface area contributed by atoms with Crippen LogP contribution in [0, 0.1) is 5.92 Å². The van der Waals surface area contributed by atoms with Gasteiger partial charge in [-0.2, -0.15) is 0 Å². The van der Waals surface area contributed by atoms with E-state index in [1.807, 2.05) is 19.2 Å². The van der Waals surface area contributed by atoms with Crippen molar-refractivity contribution in [2.45, 2.75) is 31.7 Å². The molecule has 18 heavy (non-hydrogen) atoms. The van der Waals surface area contributed by atoms with E-state index in [4.69, 9.17) is 0 Å². The second-order valence-corrected chi connectivity index (χ2v) is 5.31. The van der Waals surface area contributed by atoms with Crippen LogP contribution >= 0.6 is 0 Å². The number of rotatable bonds is 5. The monoisotopic (exact) mass is 245 g/mol. The SMILES string of the molecule is CNc1cc(C(=O)N(CC2CC2)C2CC2)ccn1. The van der Waals surface area contributed by atoms with E-state index in [0.29, 0.717) is 6.04 Å². The molecule has 0 spiro atoms. The average Bonchev–Trinajstić information content (AvgIpc) is 3.28. The van der Waals surface area contributed by atoms with Crippen LogP contribution < -0.4 is 5.32 Å². The molecule has 2 aliphatic carbocycles. The lowest BCUT2D eigenvalue weighted by molar-refractivity contribution is 0.0734. The lowest BCUT2D eigenvalue weighted by Gasteiger charge is -2.22. The van der Waals surface area contributed by atoms with Crippen LogP contribution in [0.1, 0.15) is 36.0 Å². The fourth-order valence-corrected chi connectivity index (χ4v) is 2.23. The minimum atomic E-state index is 0.170. The molecule has 1 heterocycles. The lowest BCUT2D eigenvalue weighted by atomic mass is 10.2. The van der Waals surface area contributed by atoms with Gasteiger partial charge in [-0.1, -0.05) is 0 Å². The van der Waals surface area contributed by atoms with E-state index in [0.717, 1.165) is 23.8 Å². The van der Waals surface area contributed by atoms with Gasteiger partial charge in [-0.15, -0.1) is 0 Å². The zero-order chi connectivity index (χ0) is 12.5. The van der Waals surface area contributed by atoms with Gasteiger partial charge in [-0.3, -0.25) is 4.79 Å². The number of hydrogen-bond acceptors (Lipinski definition) is 3. The number of pyridine rings is 1. The zero-order valence-electron chi connectivity index (χ0n) is 10.7. The van der Waals surface area contributed by atoms with E-state index in [-0.39, 0.29) is 5.91 Å². The minimum Gasteiger partial charge on any atom is -0.373 e. The molecule has 1 aromatic heterocycles. The average molecular weight is 245 g/mol. The van der Waals surface area contributed by atoms with Gasteiger partial charge in [-0.05, 0) is 43.7 Å². The van der Waals surface area contributed by atoms with Crippen LogP contribution in [0.15, 0.2) is 18.3 Å². The summed E-state index contributed by atoms with van der Waals surface area (Å²) in [5, 5.41) is 2.98. The van der Waals surface area contributed by atoms with Crippen molar-refractivity contribution in [3.05, 3.63) is 23.9 Å². The molecule has 4 heteroatoms. The van der Waals surface area contributed by atoms with E-state index >= 15 is 0 Å². The van der Waals surface area contributed by atoms with Gasteiger partial charge in [0.25, 0.3) is 5.91 Å². The standard InChI is InChI=1S/C14H19N3O/c1-15-13-8-11(6-7-16-13)14(18)17(12-4-5-12)9-10-2-3-10/h6-8,10,12H,2-5,9H2,1H3,(H,15,16). The van der Waals surface area contributed by atoms with Crippen molar-refractivity contribution in [1.82, 2.24) is 9.88 Å². The third-order valence-corrected chi connectivity index (χ3v) is 3.66. The van der Waals surface area contributed by atoms with Crippen molar-refractivity contribution in [3.8, 4) is 0 Å². The Morgan fingerprint density at radius 2 is 2.22 bits per heavy atom. The summed E-state index contributed by atoms with van der Waals surface area (Å²) >= 11 is 0. The van der Waals surface area contributed by atoms with Gasteiger partial charge >= 0.3 is 0 Å². The first-order valence-electron chi connectivity index (χ1n) is 6.72. The highest BCUT2D eigenvalue weighted by Gasteiger charge is 2.36. The minimum absolute atomic E-state index is 0.170. The third-order valence-electron chi connectivity index (χ3n) is 3.66. The van der Waals surface area contributed by atoms with Crippen molar-refractivity contribution in [1.29, 1.82) is 0 Å². The van der Waals surface area contributed by atoms with E-state index < -0.39 is 0 Å². The van der Waals surface area contributed by atoms with Crippen LogP contribution in [-0.4, -0.2) is 35.4 Å². The molecule has 0 atom stereocenters. The maximum Gasteiger partial charge on any atom is 0.254 e. The molecule has 1 aromatic rings. The first kappa shape index (κ1) is 11.5. The Morgan fingerprint density at radius 1 is 1.44 bits per heavy atom. The summed E-state index contributed by atoms with van der Waals surface area (Å²) in [5.41, 5.74) is 0.752. The zero-order valence-corrected chi connectivity index (χ0v) is 10.7. The topological polar surface area (TPSA) is 45.2 Å². The van der Waals surface area contributed by atoms with Crippen molar-refractivity contribution in [2.75, 3.05) is 18.9 Å². The number of carbonyl (C=O) groups excluding carboxylic acids is 1. The summed E-state index contributed by atoms with van der Waals surface area (Å²) < 4.78 is 0. The summed E-state index contributed by atoms with van der Waals surface area (Å²) in [6.45, 7) is 0.945. The first-order valence-corrected chi connectivity index (χ1v) is 6.72. The molecule has 2 saturated carbocycles. The molecular formula is C14H19N3O. The molecular weight excluding hydrogens is 226 g/mol. The Labute approximate surface area is 107 Å². The molecule has 0 aromatic carbocycles.